The third-order valence-electron chi connectivity index (χ3n) is 3.00. The highest BCUT2D eigenvalue weighted by molar-refractivity contribution is 6.01. The Balaban J connectivity index is 0. The normalized spacial score (nSPS) is 12.2. The van der Waals surface area contributed by atoms with E-state index in [0.29, 0.717) is 12.0 Å². The molecule has 0 bridgehead atoms. The lowest BCUT2D eigenvalue weighted by atomic mass is 9.96. The van der Waals surface area contributed by atoms with Crippen LogP contribution in [0.4, 0.5) is 0 Å². The van der Waals surface area contributed by atoms with Crippen molar-refractivity contribution in [1.29, 1.82) is 0 Å². The largest absolute Gasteiger partial charge is 0.323 e. The van der Waals surface area contributed by atoms with E-state index < -0.39 is 6.04 Å². The van der Waals surface area contributed by atoms with E-state index in [1.165, 1.54) is 12.4 Å². The van der Waals surface area contributed by atoms with Crippen molar-refractivity contribution in [1.82, 2.24) is 20.1 Å². The van der Waals surface area contributed by atoms with Crippen LogP contribution in [-0.4, -0.2) is 34.6 Å². The first-order valence-corrected chi connectivity index (χ1v) is 8.95. The molecule has 27 heavy (non-hydrogen) atoms. The molecule has 0 fully saturated rings. The highest BCUT2D eigenvalue weighted by Crippen LogP contribution is 2.22. The maximum Gasteiger partial charge on any atom is 0.187 e. The number of hydrogen-bond donors (Lipinski definition) is 1. The fourth-order valence-electron chi connectivity index (χ4n) is 2.04. The molecule has 1 unspecified atom stereocenters. The van der Waals surface area contributed by atoms with E-state index in [4.69, 9.17) is 0 Å². The van der Waals surface area contributed by atoms with Gasteiger partial charge in [0.2, 0.25) is 0 Å². The first-order chi connectivity index (χ1) is 13.1. The second-order valence-electron chi connectivity index (χ2n) is 5.00. The van der Waals surface area contributed by atoms with Crippen LogP contribution in [-0.2, 0) is 4.79 Å². The minimum Gasteiger partial charge on any atom is -0.323 e. The molecule has 1 atom stereocenters. The Bertz CT molecular complexity index is 637. The van der Waals surface area contributed by atoms with E-state index >= 15 is 0 Å². The van der Waals surface area contributed by atoms with Crippen molar-refractivity contribution in [2.75, 3.05) is 14.1 Å². The molecule has 0 aromatic carbocycles. The number of allylic oxidation sites excluding steroid dienone is 9. The Morgan fingerprint density at radius 3 is 2.19 bits per heavy atom. The molecule has 0 aliphatic heterocycles. The molecule has 1 N–H and O–H groups in total. The minimum absolute atomic E-state index is 0.0835. The van der Waals surface area contributed by atoms with Crippen LogP contribution in [0.1, 0.15) is 33.2 Å². The molecule has 0 aliphatic rings. The molecule has 1 rings (SSSR count). The third-order valence-corrected chi connectivity index (χ3v) is 3.00. The lowest BCUT2D eigenvalue weighted by Gasteiger charge is -2.17. The van der Waals surface area contributed by atoms with Crippen LogP contribution < -0.4 is 5.32 Å². The molecule has 0 spiro atoms. The van der Waals surface area contributed by atoms with Crippen LogP contribution in [0.2, 0.25) is 0 Å². The van der Waals surface area contributed by atoms with Gasteiger partial charge in [0.25, 0.3) is 0 Å². The van der Waals surface area contributed by atoms with Gasteiger partial charge in [-0.05, 0) is 26.6 Å². The lowest BCUT2D eigenvalue weighted by Crippen LogP contribution is -2.22. The number of Topliss-reactive ketones (excluding diaryl/α,β-unsaturated/α-hetero) is 1. The van der Waals surface area contributed by atoms with Crippen LogP contribution >= 0.6 is 0 Å². The topological polar surface area (TPSA) is 59.8 Å². The predicted molar refractivity (Wildman–Crippen MR) is 117 cm³/mol. The number of aromatic nitrogens is 3. The summed E-state index contributed by atoms with van der Waals surface area (Å²) >= 11 is 0. The van der Waals surface area contributed by atoms with Crippen molar-refractivity contribution in [2.45, 2.75) is 33.2 Å². The minimum atomic E-state index is -0.492. The SMILES string of the molecule is C=C/C=C(\C=C/C)CC(C(=O)/C(C=C)=C/C=C)n1cncn1.CC.CNC. The molecular weight excluding hydrogens is 336 g/mol. The standard InChI is InChI=1S/C18H21N3O.C2H7N.C2H6/c1-5-9-15(10-6-2)12-17(21-14-19-13-20-21)18(22)16(8-4)11-7-3;1-3-2;1-2/h5-11,13-14,17H,1,3-4,12H2,2H3;3H,1-2H3;1-2H3/b10-6-,15-9+,16-11+;;. The number of ketones is 1. The Hall–Kier alpha value is -2.79. The first-order valence-electron chi connectivity index (χ1n) is 8.95. The summed E-state index contributed by atoms with van der Waals surface area (Å²) in [5.74, 6) is -0.0835. The maximum absolute atomic E-state index is 12.8. The van der Waals surface area contributed by atoms with Crippen molar-refractivity contribution in [3.05, 3.63) is 86.1 Å². The van der Waals surface area contributed by atoms with Gasteiger partial charge in [0.15, 0.2) is 5.78 Å². The summed E-state index contributed by atoms with van der Waals surface area (Å²) in [6, 6.07) is -0.492. The molecule has 0 radical (unpaired) electrons. The zero-order valence-corrected chi connectivity index (χ0v) is 17.4. The number of hydrogen-bond acceptors (Lipinski definition) is 4. The zero-order chi connectivity index (χ0) is 21.1. The van der Waals surface area contributed by atoms with Gasteiger partial charge in [0.1, 0.15) is 18.7 Å². The summed E-state index contributed by atoms with van der Waals surface area (Å²) in [5, 5.41) is 6.86. The molecule has 0 saturated heterocycles. The Labute approximate surface area is 164 Å². The van der Waals surface area contributed by atoms with Gasteiger partial charge in [-0.2, -0.15) is 5.10 Å². The first kappa shape index (κ1) is 26.4. The number of rotatable bonds is 9. The molecule has 1 aromatic rings. The van der Waals surface area contributed by atoms with Crippen molar-refractivity contribution in [3.63, 3.8) is 0 Å². The maximum atomic E-state index is 12.8. The quantitative estimate of drug-likeness (QED) is 0.509. The molecule has 5 nitrogen and oxygen atoms in total. The average molecular weight is 371 g/mol. The molecule has 5 heteroatoms. The van der Waals surface area contributed by atoms with E-state index in [2.05, 4.69) is 35.1 Å². The van der Waals surface area contributed by atoms with Crippen molar-refractivity contribution < 1.29 is 4.79 Å². The fraction of sp³-hybridized carbons (Fsp3) is 0.318. The fourth-order valence-corrected chi connectivity index (χ4v) is 2.04. The summed E-state index contributed by atoms with van der Waals surface area (Å²) in [6.45, 7) is 16.9. The van der Waals surface area contributed by atoms with Gasteiger partial charge in [0, 0.05) is 12.0 Å². The van der Waals surface area contributed by atoms with Gasteiger partial charge in [0.05, 0.1) is 0 Å². The molecule has 1 aromatic heterocycles. The average Bonchev–Trinajstić information content (AvgIpc) is 3.20. The van der Waals surface area contributed by atoms with Crippen molar-refractivity contribution in [2.24, 2.45) is 0 Å². The number of nitrogens with one attached hydrogen (secondary N) is 1. The van der Waals surface area contributed by atoms with Gasteiger partial charge >= 0.3 is 0 Å². The third kappa shape index (κ3) is 10.7. The lowest BCUT2D eigenvalue weighted by molar-refractivity contribution is -0.118. The summed E-state index contributed by atoms with van der Waals surface area (Å²) in [7, 11) is 3.75. The summed E-state index contributed by atoms with van der Waals surface area (Å²) in [4.78, 5) is 16.7. The van der Waals surface area contributed by atoms with Gasteiger partial charge < -0.3 is 5.32 Å². The second kappa shape index (κ2) is 18.0. The molecule has 0 aliphatic carbocycles. The molecule has 148 valence electrons. The smallest absolute Gasteiger partial charge is 0.187 e. The monoisotopic (exact) mass is 370 g/mol. The van der Waals surface area contributed by atoms with Crippen molar-refractivity contribution in [3.8, 4) is 0 Å². The number of nitrogens with zero attached hydrogens (tertiary/aromatic N) is 3. The predicted octanol–water partition coefficient (Wildman–Crippen LogP) is 4.63. The highest BCUT2D eigenvalue weighted by atomic mass is 16.1. The Morgan fingerprint density at radius 2 is 1.78 bits per heavy atom. The number of carbonyl (C=O) groups excluding carboxylic acids is 1. The van der Waals surface area contributed by atoms with Crippen molar-refractivity contribution >= 4 is 5.78 Å². The van der Waals surface area contributed by atoms with Crippen LogP contribution in [0.3, 0.4) is 0 Å². The Morgan fingerprint density at radius 1 is 1.19 bits per heavy atom. The van der Waals surface area contributed by atoms with E-state index in [9.17, 15) is 4.79 Å². The van der Waals surface area contributed by atoms with Crippen LogP contribution in [0, 0.1) is 0 Å². The van der Waals surface area contributed by atoms with Crippen LogP contribution in [0.15, 0.2) is 86.1 Å². The van der Waals surface area contributed by atoms with E-state index in [-0.39, 0.29) is 5.78 Å². The van der Waals surface area contributed by atoms with Gasteiger partial charge in [-0.1, -0.05) is 76.1 Å². The Kier molecular flexibility index (Phi) is 17.6. The van der Waals surface area contributed by atoms with Crippen LogP contribution in [0.25, 0.3) is 0 Å². The van der Waals surface area contributed by atoms with Crippen LogP contribution in [0.5, 0.6) is 0 Å². The molecular formula is C22H34N4O. The summed E-state index contributed by atoms with van der Waals surface area (Å²) in [5.41, 5.74) is 1.47. The van der Waals surface area contributed by atoms with Gasteiger partial charge in [-0.15, -0.1) is 0 Å². The number of carbonyl (C=O) groups is 1. The van der Waals surface area contributed by atoms with Gasteiger partial charge in [-0.25, -0.2) is 9.67 Å². The zero-order valence-electron chi connectivity index (χ0n) is 17.4. The van der Waals surface area contributed by atoms with E-state index in [1.807, 2.05) is 53.1 Å². The summed E-state index contributed by atoms with van der Waals surface area (Å²) < 4.78 is 1.56. The highest BCUT2D eigenvalue weighted by Gasteiger charge is 2.23. The van der Waals surface area contributed by atoms with Gasteiger partial charge in [-0.3, -0.25) is 4.79 Å². The molecule has 1 heterocycles. The summed E-state index contributed by atoms with van der Waals surface area (Å²) in [6.07, 6.45) is 15.6. The van der Waals surface area contributed by atoms with E-state index in [0.717, 1.165) is 5.57 Å². The molecule has 0 amide bonds. The second-order valence-corrected chi connectivity index (χ2v) is 5.00. The van der Waals surface area contributed by atoms with E-state index in [1.54, 1.807) is 29.2 Å². The molecule has 0 saturated carbocycles.